The Morgan fingerprint density at radius 2 is 2.23 bits per heavy atom. The lowest BCUT2D eigenvalue weighted by Crippen LogP contribution is -2.46. The quantitative estimate of drug-likeness (QED) is 0.623. The second-order valence-electron chi connectivity index (χ2n) is 6.53. The molecule has 0 unspecified atom stereocenters. The van der Waals surface area contributed by atoms with Crippen LogP contribution in [0.25, 0.3) is 10.2 Å². The molecule has 3 aliphatic rings. The van der Waals surface area contributed by atoms with Crippen LogP contribution in [-0.4, -0.2) is 17.8 Å². The van der Waals surface area contributed by atoms with Gasteiger partial charge in [0, 0.05) is 12.0 Å². The Labute approximate surface area is 137 Å². The van der Waals surface area contributed by atoms with Crippen LogP contribution in [0.15, 0.2) is 28.6 Å². The van der Waals surface area contributed by atoms with Gasteiger partial charge in [0.25, 0.3) is 4.34 Å². The molecule has 2 fully saturated rings. The minimum Gasteiger partial charge on any atom is -0.466 e. The number of ether oxygens (including phenoxy) is 1. The number of thioether (sulfide) groups is 1. The molecule has 5 atom stereocenters. The summed E-state index contributed by atoms with van der Waals surface area (Å²) < 4.78 is 10.7. The highest BCUT2D eigenvalue weighted by atomic mass is 32.2. The molecule has 114 valence electrons. The fourth-order valence-electron chi connectivity index (χ4n) is 4.77. The second-order valence-corrected chi connectivity index (χ2v) is 8.99. The molecule has 2 bridgehead atoms. The largest absolute Gasteiger partial charge is 0.466 e. The molecule has 2 aromatic rings. The van der Waals surface area contributed by atoms with Crippen LogP contribution in [0.3, 0.4) is 0 Å². The van der Waals surface area contributed by atoms with Crippen LogP contribution in [0.1, 0.15) is 25.8 Å². The number of benzene rings is 1. The van der Waals surface area contributed by atoms with Crippen LogP contribution < -0.4 is 4.57 Å². The zero-order valence-corrected chi connectivity index (χ0v) is 14.0. The molecule has 1 aromatic heterocycles. The van der Waals surface area contributed by atoms with Crippen LogP contribution in [0, 0.1) is 17.8 Å². The van der Waals surface area contributed by atoms with Crippen molar-refractivity contribution in [3.8, 4) is 0 Å². The molecular weight excluding hydrogens is 314 g/mol. The van der Waals surface area contributed by atoms with Crippen molar-refractivity contribution in [2.75, 3.05) is 6.61 Å². The summed E-state index contributed by atoms with van der Waals surface area (Å²) >= 11 is 3.96. The Morgan fingerprint density at radius 3 is 3.09 bits per heavy atom. The zero-order valence-electron chi connectivity index (χ0n) is 12.4. The Bertz CT molecular complexity index is 771. The van der Waals surface area contributed by atoms with Gasteiger partial charge in [-0.05, 0) is 43.5 Å². The van der Waals surface area contributed by atoms with Gasteiger partial charge in [-0.2, -0.15) is 4.57 Å². The third kappa shape index (κ3) is 1.64. The fourth-order valence-corrected chi connectivity index (χ4v) is 7.93. The molecule has 0 amide bonds. The molecule has 1 aliphatic heterocycles. The van der Waals surface area contributed by atoms with E-state index in [2.05, 4.69) is 40.6 Å². The number of aromatic nitrogens is 1. The first-order valence-corrected chi connectivity index (χ1v) is 9.74. The molecule has 0 saturated heterocycles. The number of hydrogen-bond donors (Lipinski definition) is 0. The highest BCUT2D eigenvalue weighted by Crippen LogP contribution is 2.61. The number of rotatable bonds is 2. The highest BCUT2D eigenvalue weighted by molar-refractivity contribution is 8.01. The first-order chi connectivity index (χ1) is 10.8. The topological polar surface area (TPSA) is 30.2 Å². The normalized spacial score (nSPS) is 34.9. The molecule has 5 heteroatoms. The number of fused-ring (bicyclic) bond motifs is 9. The zero-order chi connectivity index (χ0) is 14.8. The van der Waals surface area contributed by atoms with E-state index in [1.54, 1.807) is 0 Å². The first kappa shape index (κ1) is 13.4. The summed E-state index contributed by atoms with van der Waals surface area (Å²) in [4.78, 5) is 12.3. The molecule has 2 saturated carbocycles. The van der Waals surface area contributed by atoms with Crippen LogP contribution in [-0.2, 0) is 9.53 Å². The maximum absolute atomic E-state index is 12.3. The van der Waals surface area contributed by atoms with Gasteiger partial charge in [-0.3, -0.25) is 4.79 Å². The number of carbonyl (C=O) groups excluding carboxylic acids is 1. The fraction of sp³-hybridized carbons (Fsp3) is 0.529. The summed E-state index contributed by atoms with van der Waals surface area (Å²) in [5.74, 6) is 1.29. The van der Waals surface area contributed by atoms with E-state index in [0.717, 1.165) is 6.42 Å². The van der Waals surface area contributed by atoms with E-state index in [0.29, 0.717) is 29.7 Å². The number of carbonyl (C=O) groups is 1. The monoisotopic (exact) mass is 332 g/mol. The number of thiazole rings is 1. The number of nitrogens with zero attached hydrogens (tertiary/aromatic N) is 1. The summed E-state index contributed by atoms with van der Waals surface area (Å²) in [5.41, 5.74) is 1.35. The van der Waals surface area contributed by atoms with Crippen molar-refractivity contribution >= 4 is 39.3 Å². The van der Waals surface area contributed by atoms with Crippen molar-refractivity contribution in [3.05, 3.63) is 24.3 Å². The van der Waals surface area contributed by atoms with Crippen molar-refractivity contribution in [3.63, 3.8) is 0 Å². The molecule has 2 aliphatic carbocycles. The summed E-state index contributed by atoms with van der Waals surface area (Å²) in [6.07, 6.45) is 2.23. The predicted octanol–water partition coefficient (Wildman–Crippen LogP) is 3.42. The lowest BCUT2D eigenvalue weighted by molar-refractivity contribution is -0.727. The molecule has 3 nitrogen and oxygen atoms in total. The van der Waals surface area contributed by atoms with Crippen molar-refractivity contribution in [1.29, 1.82) is 0 Å². The van der Waals surface area contributed by atoms with Gasteiger partial charge in [0.15, 0.2) is 6.04 Å². The molecule has 5 rings (SSSR count). The summed E-state index contributed by atoms with van der Waals surface area (Å²) in [7, 11) is 0. The van der Waals surface area contributed by atoms with Gasteiger partial charge < -0.3 is 4.74 Å². The standard InChI is InChI=1S/C17H18NO2S2/c1-2-20-16(19)11-8-9-7-10(11)14-15(9)22-17-18(14)12-5-3-4-6-13(12)21-17/h3-6,9-11,14-15H,2,7-8H2,1H3/q+1/t9-,10-,11-,14+,15-/m1/s1. The smallest absolute Gasteiger partial charge is 0.309 e. The van der Waals surface area contributed by atoms with Crippen molar-refractivity contribution in [2.45, 2.75) is 35.4 Å². The third-order valence-electron chi connectivity index (χ3n) is 5.53. The Balaban J connectivity index is 1.57. The summed E-state index contributed by atoms with van der Waals surface area (Å²) in [5, 5.41) is 0.673. The maximum Gasteiger partial charge on any atom is 0.309 e. The van der Waals surface area contributed by atoms with Gasteiger partial charge in [-0.1, -0.05) is 23.5 Å². The second kappa shape index (κ2) is 4.71. The van der Waals surface area contributed by atoms with Crippen LogP contribution in [0.5, 0.6) is 0 Å². The molecule has 1 aromatic carbocycles. The van der Waals surface area contributed by atoms with Crippen LogP contribution in [0.2, 0.25) is 0 Å². The number of hydrogen-bond acceptors (Lipinski definition) is 4. The highest BCUT2D eigenvalue weighted by Gasteiger charge is 2.64. The van der Waals surface area contributed by atoms with Crippen molar-refractivity contribution in [2.24, 2.45) is 17.8 Å². The Hall–Kier alpha value is -1.07. The lowest BCUT2D eigenvalue weighted by Gasteiger charge is -2.25. The Morgan fingerprint density at radius 1 is 1.36 bits per heavy atom. The van der Waals surface area contributed by atoms with Crippen LogP contribution >= 0.6 is 23.1 Å². The van der Waals surface area contributed by atoms with Crippen LogP contribution in [0.4, 0.5) is 0 Å². The average Bonchev–Trinajstić information content (AvgIpc) is 3.23. The van der Waals surface area contributed by atoms with Gasteiger partial charge >= 0.3 is 5.97 Å². The van der Waals surface area contributed by atoms with Gasteiger partial charge in [0.2, 0.25) is 5.52 Å². The lowest BCUT2D eigenvalue weighted by atomic mass is 9.84. The summed E-state index contributed by atoms with van der Waals surface area (Å²) in [6, 6.07) is 9.15. The number of para-hydroxylation sites is 1. The minimum absolute atomic E-state index is 0.0343. The van der Waals surface area contributed by atoms with Gasteiger partial charge in [0.05, 0.1) is 17.8 Å². The maximum atomic E-state index is 12.3. The van der Waals surface area contributed by atoms with Gasteiger partial charge in [0.1, 0.15) is 4.70 Å². The van der Waals surface area contributed by atoms with E-state index in [4.69, 9.17) is 4.74 Å². The van der Waals surface area contributed by atoms with E-state index < -0.39 is 0 Å². The molecule has 0 spiro atoms. The SMILES string of the molecule is CCOC(=O)[C@@H]1C[C@H]2C[C@H]1[C@H]1[C@@H]2Sc2sc3ccccc3[n+]21. The van der Waals surface area contributed by atoms with Crippen molar-refractivity contribution < 1.29 is 14.1 Å². The van der Waals surface area contributed by atoms with Crippen molar-refractivity contribution in [1.82, 2.24) is 0 Å². The van der Waals surface area contributed by atoms with Gasteiger partial charge in [-0.25, -0.2) is 0 Å². The van der Waals surface area contributed by atoms with E-state index >= 15 is 0 Å². The summed E-state index contributed by atoms with van der Waals surface area (Å²) in [6.45, 7) is 2.40. The molecule has 22 heavy (non-hydrogen) atoms. The molecule has 0 radical (unpaired) electrons. The first-order valence-electron chi connectivity index (χ1n) is 8.04. The van der Waals surface area contributed by atoms with E-state index in [9.17, 15) is 4.79 Å². The van der Waals surface area contributed by atoms with E-state index in [1.807, 2.05) is 18.3 Å². The molecule has 0 N–H and O–H groups in total. The number of esters is 1. The van der Waals surface area contributed by atoms with Gasteiger partial charge in [-0.15, -0.1) is 0 Å². The Kier molecular flexibility index (Phi) is 2.87. The van der Waals surface area contributed by atoms with E-state index in [-0.39, 0.29) is 11.9 Å². The average molecular weight is 332 g/mol. The predicted molar refractivity (Wildman–Crippen MR) is 87.0 cm³/mol. The van der Waals surface area contributed by atoms with E-state index in [1.165, 1.54) is 21.0 Å². The molecular formula is C17H18NO2S2+. The minimum atomic E-state index is 0.0343. The molecule has 2 heterocycles. The third-order valence-corrected chi connectivity index (χ3v) is 8.34.